The molecule has 2 aromatic carbocycles. The van der Waals surface area contributed by atoms with E-state index in [1.54, 1.807) is 12.1 Å². The topological polar surface area (TPSA) is 72.7 Å². The highest BCUT2D eigenvalue weighted by molar-refractivity contribution is 6.33. The van der Waals surface area contributed by atoms with E-state index in [-0.39, 0.29) is 12.5 Å². The van der Waals surface area contributed by atoms with Crippen molar-refractivity contribution in [1.82, 2.24) is 25.5 Å². The second-order valence-electron chi connectivity index (χ2n) is 5.35. The monoisotopic (exact) mass is 375 g/mol. The number of nitrogens with zero attached hydrogens (tertiary/aromatic N) is 4. The zero-order valence-corrected chi connectivity index (χ0v) is 14.7. The maximum absolute atomic E-state index is 12.0. The molecule has 25 heavy (non-hydrogen) atoms. The predicted molar refractivity (Wildman–Crippen MR) is 96.4 cm³/mol. The summed E-state index contributed by atoms with van der Waals surface area (Å²) in [5.74, 6) is 0.197. The Kier molecular flexibility index (Phi) is 5.63. The number of aromatic nitrogens is 4. The van der Waals surface area contributed by atoms with E-state index in [0.717, 1.165) is 5.56 Å². The number of carbonyl (C=O) groups excluding carboxylic acids is 1. The van der Waals surface area contributed by atoms with Crippen molar-refractivity contribution in [3.63, 3.8) is 0 Å². The van der Waals surface area contributed by atoms with Crippen molar-refractivity contribution in [2.45, 2.75) is 13.0 Å². The van der Waals surface area contributed by atoms with Crippen LogP contribution in [0.4, 0.5) is 0 Å². The van der Waals surface area contributed by atoms with E-state index < -0.39 is 0 Å². The number of benzene rings is 2. The minimum Gasteiger partial charge on any atom is -0.354 e. The van der Waals surface area contributed by atoms with Crippen LogP contribution in [0.2, 0.25) is 10.0 Å². The van der Waals surface area contributed by atoms with Crippen LogP contribution in [0.25, 0.3) is 11.4 Å². The molecule has 0 atom stereocenters. The number of carbonyl (C=O) groups is 1. The molecule has 0 fully saturated rings. The number of rotatable bonds is 6. The summed E-state index contributed by atoms with van der Waals surface area (Å²) in [7, 11) is 0. The maximum Gasteiger partial charge on any atom is 0.243 e. The number of halogens is 2. The molecular formula is C17H15Cl2N5O. The van der Waals surface area contributed by atoms with Gasteiger partial charge in [-0.2, -0.15) is 4.80 Å². The Morgan fingerprint density at radius 2 is 1.96 bits per heavy atom. The van der Waals surface area contributed by atoms with Gasteiger partial charge in [-0.15, -0.1) is 10.2 Å². The molecule has 0 radical (unpaired) electrons. The molecule has 0 spiro atoms. The normalized spacial score (nSPS) is 10.6. The van der Waals surface area contributed by atoms with Crippen molar-refractivity contribution in [3.05, 3.63) is 64.1 Å². The molecule has 1 N–H and O–H groups in total. The van der Waals surface area contributed by atoms with E-state index in [4.69, 9.17) is 23.2 Å². The maximum atomic E-state index is 12.0. The van der Waals surface area contributed by atoms with E-state index in [0.29, 0.717) is 34.4 Å². The summed E-state index contributed by atoms with van der Waals surface area (Å²) in [4.78, 5) is 13.2. The smallest absolute Gasteiger partial charge is 0.243 e. The first-order valence-electron chi connectivity index (χ1n) is 7.65. The van der Waals surface area contributed by atoms with Crippen LogP contribution in [-0.4, -0.2) is 32.7 Å². The number of tetrazole rings is 1. The quantitative estimate of drug-likeness (QED) is 0.718. The minimum absolute atomic E-state index is 0.00695. The minimum atomic E-state index is -0.190. The second kappa shape index (κ2) is 8.09. The molecule has 1 amide bonds. The Hall–Kier alpha value is -2.44. The lowest BCUT2D eigenvalue weighted by atomic mass is 10.1. The third kappa shape index (κ3) is 4.78. The van der Waals surface area contributed by atoms with Gasteiger partial charge < -0.3 is 5.32 Å². The van der Waals surface area contributed by atoms with E-state index in [1.165, 1.54) is 4.80 Å². The Morgan fingerprint density at radius 3 is 2.76 bits per heavy atom. The Bertz CT molecular complexity index is 881. The first-order chi connectivity index (χ1) is 12.1. The van der Waals surface area contributed by atoms with Gasteiger partial charge in [0.25, 0.3) is 0 Å². The average Bonchev–Trinajstić information content (AvgIpc) is 3.03. The van der Waals surface area contributed by atoms with Crippen LogP contribution in [0.15, 0.2) is 48.5 Å². The van der Waals surface area contributed by atoms with Crippen molar-refractivity contribution in [2.75, 3.05) is 6.54 Å². The molecule has 3 aromatic rings. The van der Waals surface area contributed by atoms with E-state index in [1.807, 2.05) is 36.4 Å². The highest BCUT2D eigenvalue weighted by atomic mass is 35.5. The van der Waals surface area contributed by atoms with Crippen molar-refractivity contribution < 1.29 is 4.79 Å². The van der Waals surface area contributed by atoms with Gasteiger partial charge in [0.05, 0.1) is 5.02 Å². The van der Waals surface area contributed by atoms with Gasteiger partial charge >= 0.3 is 0 Å². The van der Waals surface area contributed by atoms with E-state index in [2.05, 4.69) is 20.7 Å². The van der Waals surface area contributed by atoms with Crippen LogP contribution in [0, 0.1) is 0 Å². The van der Waals surface area contributed by atoms with E-state index in [9.17, 15) is 4.79 Å². The number of nitrogens with one attached hydrogen (secondary N) is 1. The zero-order valence-electron chi connectivity index (χ0n) is 13.2. The fourth-order valence-electron chi connectivity index (χ4n) is 2.28. The van der Waals surface area contributed by atoms with Crippen molar-refractivity contribution in [2.24, 2.45) is 0 Å². The Morgan fingerprint density at radius 1 is 1.12 bits per heavy atom. The molecule has 8 heteroatoms. The molecule has 0 saturated carbocycles. The molecule has 3 rings (SSSR count). The largest absolute Gasteiger partial charge is 0.354 e. The molecule has 0 aliphatic rings. The van der Waals surface area contributed by atoms with Crippen LogP contribution >= 0.6 is 23.2 Å². The summed E-state index contributed by atoms with van der Waals surface area (Å²) in [6.07, 6.45) is 0.696. The van der Waals surface area contributed by atoms with Gasteiger partial charge in [-0.3, -0.25) is 4.79 Å². The Labute approximate surface area is 154 Å². The fourth-order valence-corrected chi connectivity index (χ4v) is 2.72. The lowest BCUT2D eigenvalue weighted by Gasteiger charge is -2.05. The van der Waals surface area contributed by atoms with Crippen molar-refractivity contribution in [3.8, 4) is 11.4 Å². The third-order valence-corrected chi connectivity index (χ3v) is 4.04. The lowest BCUT2D eigenvalue weighted by molar-refractivity contribution is -0.122. The summed E-state index contributed by atoms with van der Waals surface area (Å²) in [6, 6.07) is 14.8. The zero-order chi connectivity index (χ0) is 17.6. The van der Waals surface area contributed by atoms with Gasteiger partial charge in [0.2, 0.25) is 11.7 Å². The van der Waals surface area contributed by atoms with Gasteiger partial charge in [0.1, 0.15) is 6.54 Å². The molecule has 1 aromatic heterocycles. The van der Waals surface area contributed by atoms with Gasteiger partial charge in [-0.1, -0.05) is 47.5 Å². The molecule has 128 valence electrons. The summed E-state index contributed by atoms with van der Waals surface area (Å²) in [6.45, 7) is 0.498. The van der Waals surface area contributed by atoms with Crippen LogP contribution in [-0.2, 0) is 17.8 Å². The molecule has 0 aliphatic heterocycles. The molecule has 0 unspecified atom stereocenters. The summed E-state index contributed by atoms with van der Waals surface area (Å²) >= 11 is 12.0. The highest BCUT2D eigenvalue weighted by Crippen LogP contribution is 2.23. The van der Waals surface area contributed by atoms with Gasteiger partial charge in [-0.25, -0.2) is 0 Å². The van der Waals surface area contributed by atoms with Crippen LogP contribution in [0.3, 0.4) is 0 Å². The second-order valence-corrected chi connectivity index (χ2v) is 6.20. The summed E-state index contributed by atoms with van der Waals surface area (Å²) < 4.78 is 0. The average molecular weight is 376 g/mol. The molecule has 0 saturated heterocycles. The SMILES string of the molecule is O=C(Cn1nnc(-c2ccccc2Cl)n1)NCCc1cccc(Cl)c1. The fraction of sp³-hybridized carbons (Fsp3) is 0.176. The third-order valence-electron chi connectivity index (χ3n) is 3.48. The van der Waals surface area contributed by atoms with E-state index >= 15 is 0 Å². The van der Waals surface area contributed by atoms with Crippen LogP contribution in [0.1, 0.15) is 5.56 Å². The number of amides is 1. The van der Waals surface area contributed by atoms with Gasteiger partial charge in [0, 0.05) is 17.1 Å². The number of hydrogen-bond acceptors (Lipinski definition) is 4. The highest BCUT2D eigenvalue weighted by Gasteiger charge is 2.11. The van der Waals surface area contributed by atoms with Crippen LogP contribution < -0.4 is 5.32 Å². The number of hydrogen-bond donors (Lipinski definition) is 1. The Balaban J connectivity index is 1.53. The molecule has 1 heterocycles. The summed E-state index contributed by atoms with van der Waals surface area (Å²) in [5.41, 5.74) is 1.74. The first kappa shape index (κ1) is 17.4. The van der Waals surface area contributed by atoms with Crippen molar-refractivity contribution in [1.29, 1.82) is 0 Å². The predicted octanol–water partition coefficient (Wildman–Crippen LogP) is 3.01. The molecule has 0 aliphatic carbocycles. The summed E-state index contributed by atoms with van der Waals surface area (Å²) in [5, 5.41) is 16.1. The van der Waals surface area contributed by atoms with Gasteiger partial charge in [-0.05, 0) is 41.5 Å². The standard InChI is InChI=1S/C17H15Cl2N5O/c18-13-5-3-4-12(10-13)8-9-20-16(25)11-24-22-17(21-23-24)14-6-1-2-7-15(14)19/h1-7,10H,8-9,11H2,(H,20,25). The molecule has 0 bridgehead atoms. The molecule has 6 nitrogen and oxygen atoms in total. The van der Waals surface area contributed by atoms with Gasteiger partial charge in [0.15, 0.2) is 0 Å². The molecular weight excluding hydrogens is 361 g/mol. The first-order valence-corrected chi connectivity index (χ1v) is 8.41. The lowest BCUT2D eigenvalue weighted by Crippen LogP contribution is -2.30. The van der Waals surface area contributed by atoms with Crippen molar-refractivity contribution >= 4 is 29.1 Å². The van der Waals surface area contributed by atoms with Crippen LogP contribution in [0.5, 0.6) is 0 Å².